The van der Waals surface area contributed by atoms with Gasteiger partial charge in [0.1, 0.15) is 6.10 Å². The Morgan fingerprint density at radius 1 is 1.38 bits per heavy atom. The van der Waals surface area contributed by atoms with Crippen LogP contribution in [0.3, 0.4) is 0 Å². The monoisotopic (exact) mass is 224 g/mol. The molecule has 1 aliphatic carbocycles. The van der Waals surface area contributed by atoms with E-state index in [0.717, 1.165) is 31.7 Å². The normalized spacial score (nSPS) is 34.2. The van der Waals surface area contributed by atoms with Gasteiger partial charge in [0.2, 0.25) is 0 Å². The molecular weight excluding hydrogens is 200 g/mol. The van der Waals surface area contributed by atoms with Crippen molar-refractivity contribution in [3.05, 3.63) is 0 Å². The van der Waals surface area contributed by atoms with Crippen LogP contribution in [0.15, 0.2) is 4.99 Å². The third-order valence-electron chi connectivity index (χ3n) is 3.48. The molecule has 0 aromatic rings. The highest BCUT2D eigenvalue weighted by Crippen LogP contribution is 2.34. The van der Waals surface area contributed by atoms with Crippen molar-refractivity contribution < 1.29 is 4.74 Å². The Morgan fingerprint density at radius 2 is 2.12 bits per heavy atom. The predicted octanol–water partition coefficient (Wildman–Crippen LogP) is 2.35. The Hall–Kier alpha value is -0.570. The number of fused-ring (bicyclic) bond motifs is 1. The summed E-state index contributed by atoms with van der Waals surface area (Å²) in [5.74, 6) is 1.62. The van der Waals surface area contributed by atoms with Crippen LogP contribution in [0.25, 0.3) is 0 Å². The van der Waals surface area contributed by atoms with Crippen molar-refractivity contribution in [3.8, 4) is 0 Å². The molecule has 0 aromatic heterocycles. The standard InChI is InChI=1S/C13H24N2O/c1-13(2,3)7-12-15-10-5-4-9(8-14)6-11(10)16-12/h9-11H,4-8,14H2,1-3H3. The molecule has 92 valence electrons. The van der Waals surface area contributed by atoms with E-state index in [9.17, 15) is 0 Å². The number of rotatable bonds is 2. The van der Waals surface area contributed by atoms with Crippen molar-refractivity contribution in [2.24, 2.45) is 22.1 Å². The number of ether oxygens (including phenoxy) is 1. The average Bonchev–Trinajstić information content (AvgIpc) is 2.55. The van der Waals surface area contributed by atoms with Crippen molar-refractivity contribution in [1.29, 1.82) is 0 Å². The Labute approximate surface area is 98.5 Å². The first-order chi connectivity index (χ1) is 7.48. The molecular formula is C13H24N2O. The summed E-state index contributed by atoms with van der Waals surface area (Å²) in [6.07, 6.45) is 4.73. The molecule has 2 rings (SSSR count). The van der Waals surface area contributed by atoms with Crippen LogP contribution in [-0.4, -0.2) is 24.6 Å². The molecule has 3 heteroatoms. The zero-order valence-corrected chi connectivity index (χ0v) is 10.7. The molecule has 0 aromatic carbocycles. The van der Waals surface area contributed by atoms with Gasteiger partial charge in [0.25, 0.3) is 0 Å². The highest BCUT2D eigenvalue weighted by atomic mass is 16.5. The van der Waals surface area contributed by atoms with E-state index >= 15 is 0 Å². The van der Waals surface area contributed by atoms with E-state index in [2.05, 4.69) is 20.8 Å². The second-order valence-electron chi connectivity index (χ2n) is 6.40. The highest BCUT2D eigenvalue weighted by Gasteiger charge is 2.37. The van der Waals surface area contributed by atoms with Crippen molar-refractivity contribution in [2.75, 3.05) is 6.54 Å². The lowest BCUT2D eigenvalue weighted by Crippen LogP contribution is -2.34. The lowest BCUT2D eigenvalue weighted by Gasteiger charge is -2.28. The molecule has 1 heterocycles. The highest BCUT2D eigenvalue weighted by molar-refractivity contribution is 5.78. The van der Waals surface area contributed by atoms with Crippen molar-refractivity contribution >= 4 is 5.90 Å². The van der Waals surface area contributed by atoms with Gasteiger partial charge in [-0.25, -0.2) is 4.99 Å². The van der Waals surface area contributed by atoms with Gasteiger partial charge >= 0.3 is 0 Å². The van der Waals surface area contributed by atoms with Gasteiger partial charge in [0, 0.05) is 6.42 Å². The first-order valence-electron chi connectivity index (χ1n) is 6.41. The number of hydrogen-bond acceptors (Lipinski definition) is 3. The first-order valence-corrected chi connectivity index (χ1v) is 6.41. The van der Waals surface area contributed by atoms with Gasteiger partial charge in [-0.15, -0.1) is 0 Å². The molecule has 16 heavy (non-hydrogen) atoms. The summed E-state index contributed by atoms with van der Waals surface area (Å²) in [5, 5.41) is 0. The molecule has 0 bridgehead atoms. The molecule has 3 nitrogen and oxygen atoms in total. The molecule has 3 atom stereocenters. The fourth-order valence-electron chi connectivity index (χ4n) is 2.62. The summed E-state index contributed by atoms with van der Waals surface area (Å²) in [7, 11) is 0. The average molecular weight is 224 g/mol. The fraction of sp³-hybridized carbons (Fsp3) is 0.923. The van der Waals surface area contributed by atoms with Crippen molar-refractivity contribution in [1.82, 2.24) is 0 Å². The summed E-state index contributed by atoms with van der Waals surface area (Å²) < 4.78 is 5.97. The van der Waals surface area contributed by atoms with Gasteiger partial charge < -0.3 is 10.5 Å². The molecule has 0 saturated heterocycles. The zero-order valence-electron chi connectivity index (χ0n) is 10.7. The molecule has 1 aliphatic heterocycles. The van der Waals surface area contributed by atoms with Gasteiger partial charge in [-0.05, 0) is 37.1 Å². The van der Waals surface area contributed by atoms with Gasteiger partial charge in [0.05, 0.1) is 6.04 Å². The smallest absolute Gasteiger partial charge is 0.184 e. The van der Waals surface area contributed by atoms with Crippen molar-refractivity contribution in [3.63, 3.8) is 0 Å². The molecule has 0 radical (unpaired) electrons. The van der Waals surface area contributed by atoms with Crippen LogP contribution < -0.4 is 5.73 Å². The number of nitrogens with zero attached hydrogens (tertiary/aromatic N) is 1. The fourth-order valence-corrected chi connectivity index (χ4v) is 2.62. The van der Waals surface area contributed by atoms with Crippen molar-refractivity contribution in [2.45, 2.75) is 58.6 Å². The Balaban J connectivity index is 1.93. The third kappa shape index (κ3) is 2.76. The molecule has 3 unspecified atom stereocenters. The Bertz CT molecular complexity index is 280. The van der Waals surface area contributed by atoms with Crippen LogP contribution in [0, 0.1) is 11.3 Å². The quantitative estimate of drug-likeness (QED) is 0.782. The maximum atomic E-state index is 5.97. The summed E-state index contributed by atoms with van der Waals surface area (Å²) >= 11 is 0. The van der Waals surface area contributed by atoms with Crippen LogP contribution in [0.4, 0.5) is 0 Å². The van der Waals surface area contributed by atoms with Gasteiger partial charge in [-0.3, -0.25) is 0 Å². The molecule has 2 aliphatic rings. The number of nitrogens with two attached hydrogens (primary N) is 1. The van der Waals surface area contributed by atoms with E-state index in [1.165, 1.54) is 6.42 Å². The van der Waals surface area contributed by atoms with E-state index in [-0.39, 0.29) is 5.41 Å². The van der Waals surface area contributed by atoms with Crippen LogP contribution >= 0.6 is 0 Å². The maximum absolute atomic E-state index is 5.97. The summed E-state index contributed by atoms with van der Waals surface area (Å²) in [5.41, 5.74) is 5.99. The minimum Gasteiger partial charge on any atom is -0.475 e. The predicted molar refractivity (Wildman–Crippen MR) is 66.6 cm³/mol. The number of aliphatic imine (C=N–C) groups is 1. The van der Waals surface area contributed by atoms with Crippen LogP contribution in [-0.2, 0) is 4.74 Å². The van der Waals surface area contributed by atoms with Gasteiger partial charge in [0.15, 0.2) is 5.90 Å². The maximum Gasteiger partial charge on any atom is 0.184 e. The number of hydrogen-bond donors (Lipinski definition) is 1. The molecule has 1 fully saturated rings. The summed E-state index contributed by atoms with van der Waals surface area (Å²) in [6, 6.07) is 0.417. The van der Waals surface area contributed by atoms with Gasteiger partial charge in [-0.2, -0.15) is 0 Å². The zero-order chi connectivity index (χ0) is 11.8. The molecule has 1 saturated carbocycles. The molecule has 0 spiro atoms. The summed E-state index contributed by atoms with van der Waals surface area (Å²) in [6.45, 7) is 7.47. The van der Waals surface area contributed by atoms with Crippen LogP contribution in [0.2, 0.25) is 0 Å². The van der Waals surface area contributed by atoms with Crippen LogP contribution in [0.1, 0.15) is 46.5 Å². The topological polar surface area (TPSA) is 47.6 Å². The largest absolute Gasteiger partial charge is 0.475 e. The second-order valence-corrected chi connectivity index (χ2v) is 6.40. The Kier molecular flexibility index (Phi) is 3.24. The van der Waals surface area contributed by atoms with E-state index in [1.807, 2.05) is 0 Å². The van der Waals surface area contributed by atoms with E-state index < -0.39 is 0 Å². The lowest BCUT2D eigenvalue weighted by atomic mass is 9.84. The molecule has 0 amide bonds. The second kappa shape index (κ2) is 4.36. The Morgan fingerprint density at radius 3 is 2.75 bits per heavy atom. The minimum atomic E-state index is 0.263. The SMILES string of the molecule is CC(C)(C)CC1=NC2CCC(CN)CC2O1. The third-order valence-corrected chi connectivity index (χ3v) is 3.48. The van der Waals surface area contributed by atoms with E-state index in [1.54, 1.807) is 0 Å². The minimum absolute atomic E-state index is 0.263. The summed E-state index contributed by atoms with van der Waals surface area (Å²) in [4.78, 5) is 4.72. The molecule has 2 N–H and O–H groups in total. The van der Waals surface area contributed by atoms with Gasteiger partial charge in [-0.1, -0.05) is 20.8 Å². The van der Waals surface area contributed by atoms with E-state index in [4.69, 9.17) is 15.5 Å². The van der Waals surface area contributed by atoms with Crippen LogP contribution in [0.5, 0.6) is 0 Å². The van der Waals surface area contributed by atoms with E-state index in [0.29, 0.717) is 18.1 Å². The first kappa shape index (κ1) is 11.9. The lowest BCUT2D eigenvalue weighted by molar-refractivity contribution is 0.117.